The van der Waals surface area contributed by atoms with Crippen molar-refractivity contribution in [1.29, 1.82) is 0 Å². The molecule has 0 nitrogen and oxygen atoms in total. The van der Waals surface area contributed by atoms with E-state index in [0.29, 0.717) is 19.3 Å². The molecule has 0 amide bonds. The minimum Gasteiger partial charge on any atom is -0.171 e. The van der Waals surface area contributed by atoms with Gasteiger partial charge in [-0.25, -0.2) is 0 Å². The van der Waals surface area contributed by atoms with E-state index in [4.69, 9.17) is 15.1 Å². The molecule has 476 valence electrons. The molecule has 75 heavy (non-hydrogen) atoms. The van der Waals surface area contributed by atoms with Gasteiger partial charge in [0.15, 0.2) is 0 Å². The monoisotopic (exact) mass is 1110 g/mol. The maximum absolute atomic E-state index is 11.5. The molecule has 0 aromatic carbocycles. The normalized spacial score (nSPS) is 17.3. The Hall–Kier alpha value is -0.420. The van der Waals surface area contributed by atoms with Crippen LogP contribution < -0.4 is 0 Å². The fourth-order valence-corrected chi connectivity index (χ4v) is 3.21. The second-order valence-electron chi connectivity index (χ2n) is 23.7. The van der Waals surface area contributed by atoms with E-state index in [-0.39, 0.29) is 52.6 Å². The van der Waals surface area contributed by atoms with Gasteiger partial charge >= 0.3 is 12.4 Å². The standard InChI is InChI=1S/C7H14.2C6H11F3.C6H12.C6H14.C5H12.7C4H10.C3H8.C2H6/c1-7-5-3-2-4-6-7;2*1-3-5(2)4-6(7,8)9;1-6-4-2-3-5-6;1-5-6(2,3)4;1-4-5(2)3;5*1-4(2)3;2*1-3-4-2;1-3-2;1-2/h7H,2-6H2,1H3;2*5H,3-4H2,1-2H3;6H,2-5H2,1H3;5H2,1-4H3;5H,4H2,1-3H3;5*4H,1-3H3;2*3-4H2,1-2H3;3H2,1-2H3;1-2H3/i7D;;;6D;5D2;4D2;3*4D;;;3D2;;;. The molecular weight excluding hydrogens is 943 g/mol. The first-order valence-electron chi connectivity index (χ1n) is 35.5. The zero-order valence-corrected chi connectivity index (χ0v) is 58.7. The Morgan fingerprint density at radius 3 is 0.653 bits per heavy atom. The van der Waals surface area contributed by atoms with E-state index in [1.165, 1.54) is 51.4 Å². The van der Waals surface area contributed by atoms with Crippen molar-refractivity contribution in [3.8, 4) is 0 Å². The van der Waals surface area contributed by atoms with Crippen LogP contribution >= 0.6 is 0 Å². The number of unbranched alkanes of at least 4 members (excludes halogenated alkanes) is 1. The zero-order chi connectivity index (χ0) is 73.4. The lowest BCUT2D eigenvalue weighted by Gasteiger charge is -2.15. The van der Waals surface area contributed by atoms with Crippen LogP contribution in [0.15, 0.2) is 0 Å². The Bertz CT molecular complexity index is 1160. The summed E-state index contributed by atoms with van der Waals surface area (Å²) in [4.78, 5) is 0. The highest BCUT2D eigenvalue weighted by Crippen LogP contribution is 2.27. The zero-order valence-electron chi connectivity index (χ0n) is 69.7. The molecule has 0 saturated heterocycles. The van der Waals surface area contributed by atoms with E-state index in [9.17, 15) is 26.3 Å². The molecule has 0 aliphatic heterocycles. The lowest BCUT2D eigenvalue weighted by atomic mass is 9.91. The molecule has 0 aromatic rings. The number of hydrogen-bond donors (Lipinski definition) is 0. The maximum Gasteiger partial charge on any atom is 0.389 e. The molecule has 0 aromatic heterocycles. The lowest BCUT2D eigenvalue weighted by Crippen LogP contribution is -2.12. The van der Waals surface area contributed by atoms with Crippen LogP contribution in [0.1, 0.15) is 393 Å². The van der Waals surface area contributed by atoms with Crippen LogP contribution in [0, 0.1) is 64.5 Å². The topological polar surface area (TPSA) is 0 Å². The average Bonchev–Trinajstić information content (AvgIpc) is 3.64. The quantitative estimate of drug-likeness (QED) is 0.223. The Morgan fingerprint density at radius 2 is 0.600 bits per heavy atom. The van der Waals surface area contributed by atoms with Gasteiger partial charge in [-0.1, -0.05) is 365 Å². The third kappa shape index (κ3) is 298. The summed E-state index contributed by atoms with van der Waals surface area (Å²) in [5, 5.41) is 0. The summed E-state index contributed by atoms with van der Waals surface area (Å²) in [6.07, 6.45) is 4.35. The summed E-state index contributed by atoms with van der Waals surface area (Å²) in [5.74, 6) is 0.459. The molecule has 0 bridgehead atoms. The van der Waals surface area contributed by atoms with E-state index in [1.54, 1.807) is 48.5 Å². The molecule has 2 aliphatic carbocycles. The van der Waals surface area contributed by atoms with Gasteiger partial charge in [0, 0.05) is 27.9 Å². The van der Waals surface area contributed by atoms with Crippen LogP contribution in [0.2, 0.25) is 0 Å². The largest absolute Gasteiger partial charge is 0.389 e. The predicted molar refractivity (Wildman–Crippen MR) is 346 cm³/mol. The first-order chi connectivity index (χ1) is 37.4. The number of halogens is 6. The van der Waals surface area contributed by atoms with Crippen LogP contribution in [0.3, 0.4) is 0 Å². The summed E-state index contributed by atoms with van der Waals surface area (Å²) in [6.45, 7) is 69.2. The molecule has 2 aliphatic rings. The second kappa shape index (κ2) is 84.9. The van der Waals surface area contributed by atoms with Crippen molar-refractivity contribution in [3.05, 3.63) is 0 Å². The fourth-order valence-electron chi connectivity index (χ4n) is 3.21. The fraction of sp³-hybridized carbons (Fsp3) is 1.00. The first-order valence-corrected chi connectivity index (χ1v) is 30.0. The van der Waals surface area contributed by atoms with Gasteiger partial charge in [0.1, 0.15) is 0 Å². The summed E-state index contributed by atoms with van der Waals surface area (Å²) in [6, 6.07) is 0. The lowest BCUT2D eigenvalue weighted by molar-refractivity contribution is -0.144. The highest BCUT2D eigenvalue weighted by molar-refractivity contribution is 4.61. The Morgan fingerprint density at radius 1 is 0.440 bits per heavy atom. The van der Waals surface area contributed by atoms with E-state index in [1.807, 2.05) is 132 Å². The molecule has 0 heterocycles. The summed E-state index contributed by atoms with van der Waals surface area (Å²) in [7, 11) is 0. The Labute approximate surface area is 494 Å². The van der Waals surface area contributed by atoms with E-state index in [0.717, 1.165) is 37.5 Å². The average molecular weight is 1110 g/mol. The summed E-state index contributed by atoms with van der Waals surface area (Å²) in [5.41, 5.74) is -0.229. The molecule has 2 atom stereocenters. The van der Waals surface area contributed by atoms with Crippen molar-refractivity contribution in [2.75, 3.05) is 0 Å². The third-order valence-electron chi connectivity index (χ3n) is 7.90. The van der Waals surface area contributed by atoms with E-state index >= 15 is 0 Å². The molecule has 6 heteroatoms. The van der Waals surface area contributed by atoms with Gasteiger partial charge in [-0.15, -0.1) is 0 Å². The number of alkyl halides is 6. The van der Waals surface area contributed by atoms with Crippen LogP contribution in [-0.4, -0.2) is 12.4 Å². The molecule has 2 rings (SSSR count). The Balaban J connectivity index is -0.0000000611. The van der Waals surface area contributed by atoms with Crippen LogP contribution in [-0.2, 0) is 0 Å². The van der Waals surface area contributed by atoms with Gasteiger partial charge in [0.2, 0.25) is 0 Å². The first kappa shape index (κ1) is 76.6. The van der Waals surface area contributed by atoms with Gasteiger partial charge < -0.3 is 0 Å². The minimum atomic E-state index is -3.98. The van der Waals surface area contributed by atoms with Gasteiger partial charge in [0.05, 0.1) is 0 Å². The molecule has 2 saturated carbocycles. The van der Waals surface area contributed by atoms with Crippen molar-refractivity contribution < 1.29 is 41.4 Å². The van der Waals surface area contributed by atoms with Gasteiger partial charge in [-0.2, -0.15) is 26.3 Å². The van der Waals surface area contributed by atoms with Crippen molar-refractivity contribution in [2.24, 2.45) is 64.5 Å². The van der Waals surface area contributed by atoms with Gasteiger partial charge in [-0.05, 0) is 64.5 Å². The molecule has 2 unspecified atom stereocenters. The number of hydrogen-bond acceptors (Lipinski definition) is 0. The van der Waals surface area contributed by atoms with Crippen molar-refractivity contribution in [1.82, 2.24) is 0 Å². The SMILES string of the molecule is CC.CC(C)C.CC(C)C.CCC.CCC(C)CC(F)(F)F.CCC(C)CC(F)(F)F.CCCC.[2H]C(C)(C)C.[2H]C(C)(C)C.[2H]C(C)(C)C.[2H]C([2H])(C)C(C)(C)C.[2H]C([2H])(C)C(C)C.[2H]C([2H])(C)CC.[2H]C1(C)CCCC1.[2H]C1(C)CCCCC1. The molecule has 2 fully saturated rings. The molecule has 0 spiro atoms. The minimum absolute atomic E-state index is 0.0556. The predicted octanol–water partition coefficient (Wildman–Crippen LogP) is 29.6. The van der Waals surface area contributed by atoms with E-state index < -0.39 is 44.3 Å². The smallest absolute Gasteiger partial charge is 0.171 e. The van der Waals surface area contributed by atoms with Gasteiger partial charge in [0.25, 0.3) is 0 Å². The maximum atomic E-state index is 11.5. The number of rotatable bonds is 7. The summed E-state index contributed by atoms with van der Waals surface area (Å²) < 4.78 is 147. The van der Waals surface area contributed by atoms with Crippen molar-refractivity contribution in [2.45, 2.75) is 390 Å². The highest BCUT2D eigenvalue weighted by Gasteiger charge is 2.29. The highest BCUT2D eigenvalue weighted by atomic mass is 19.4. The third-order valence-corrected chi connectivity index (χ3v) is 7.90. The van der Waals surface area contributed by atoms with Crippen LogP contribution in [0.25, 0.3) is 0 Å². The second-order valence-corrected chi connectivity index (χ2v) is 23.7. The van der Waals surface area contributed by atoms with Gasteiger partial charge in [-0.3, -0.25) is 0 Å². The molecule has 0 radical (unpaired) electrons. The molecule has 0 N–H and O–H groups in total. The van der Waals surface area contributed by atoms with Crippen LogP contribution in [0.4, 0.5) is 26.3 Å². The van der Waals surface area contributed by atoms with Crippen molar-refractivity contribution >= 4 is 0 Å². The van der Waals surface area contributed by atoms with E-state index in [2.05, 4.69) is 69.2 Å². The Kier molecular flexibility index (Phi) is 86.7. The van der Waals surface area contributed by atoms with Crippen LogP contribution in [0.5, 0.6) is 0 Å². The van der Waals surface area contributed by atoms with Crippen molar-refractivity contribution in [3.63, 3.8) is 0 Å². The summed E-state index contributed by atoms with van der Waals surface area (Å²) >= 11 is 0. The molecular formula is C69H158F6.